The van der Waals surface area contributed by atoms with Gasteiger partial charge >= 0.3 is 0 Å². The van der Waals surface area contributed by atoms with Crippen molar-refractivity contribution in [3.8, 4) is 5.69 Å². The van der Waals surface area contributed by atoms with Gasteiger partial charge < -0.3 is 5.32 Å². The Bertz CT molecular complexity index is 1620. The first kappa shape index (κ1) is 26.6. The number of rotatable bonds is 7. The van der Waals surface area contributed by atoms with E-state index >= 15 is 0 Å². The highest BCUT2D eigenvalue weighted by Gasteiger charge is 2.28. The lowest BCUT2D eigenvalue weighted by molar-refractivity contribution is 0.102. The number of hydrogen-bond acceptors (Lipinski definition) is 5. The molecule has 9 nitrogen and oxygen atoms in total. The number of amides is 1. The van der Waals surface area contributed by atoms with Crippen LogP contribution in [0, 0.1) is 6.92 Å². The molecule has 0 saturated carbocycles. The molecule has 4 aromatic rings. The fourth-order valence-corrected chi connectivity index (χ4v) is 6.23. The number of piperazine rings is 1. The second-order valence-electron chi connectivity index (χ2n) is 9.58. The number of aromatic nitrogens is 2. The lowest BCUT2D eigenvalue weighted by atomic mass is 10.1. The van der Waals surface area contributed by atoms with Gasteiger partial charge in [-0.05, 0) is 48.9 Å². The summed E-state index contributed by atoms with van der Waals surface area (Å²) < 4.78 is 30.5. The molecule has 39 heavy (non-hydrogen) atoms. The van der Waals surface area contributed by atoms with Gasteiger partial charge in [-0.3, -0.25) is 19.2 Å². The van der Waals surface area contributed by atoms with Crippen molar-refractivity contribution in [1.82, 2.24) is 18.6 Å². The molecular weight excluding hydrogens is 514 g/mol. The third kappa shape index (κ3) is 5.44. The van der Waals surface area contributed by atoms with Crippen molar-refractivity contribution in [3.63, 3.8) is 0 Å². The summed E-state index contributed by atoms with van der Waals surface area (Å²) in [6.45, 7) is 4.54. The molecule has 0 bridgehead atoms. The van der Waals surface area contributed by atoms with E-state index < -0.39 is 10.0 Å². The smallest absolute Gasteiger partial charge is 0.295 e. The maximum Gasteiger partial charge on any atom is 0.295 e. The van der Waals surface area contributed by atoms with Crippen LogP contribution in [-0.2, 0) is 23.6 Å². The number of benzene rings is 3. The summed E-state index contributed by atoms with van der Waals surface area (Å²) in [5.74, 6) is -0.354. The molecule has 1 N–H and O–H groups in total. The summed E-state index contributed by atoms with van der Waals surface area (Å²) in [6.07, 6.45) is 0. The summed E-state index contributed by atoms with van der Waals surface area (Å²) >= 11 is 0. The van der Waals surface area contributed by atoms with Crippen LogP contribution in [0.2, 0.25) is 0 Å². The monoisotopic (exact) mass is 545 g/mol. The van der Waals surface area contributed by atoms with Crippen LogP contribution in [0.3, 0.4) is 0 Å². The van der Waals surface area contributed by atoms with Crippen molar-refractivity contribution in [3.05, 3.63) is 112 Å². The minimum atomic E-state index is -3.49. The van der Waals surface area contributed by atoms with Gasteiger partial charge in [0.2, 0.25) is 10.0 Å². The Hall–Kier alpha value is -3.99. The van der Waals surface area contributed by atoms with Gasteiger partial charge in [-0.25, -0.2) is 13.1 Å². The van der Waals surface area contributed by atoms with Crippen LogP contribution in [0.25, 0.3) is 5.69 Å². The Balaban J connectivity index is 1.21. The standard InChI is InChI=1S/C29H31N5O4S/c1-22-27(29(36)34(31(22)2)25-9-5-3-6-10-25)30-28(35)24-15-13-23(14-16-24)21-32-17-19-33(20-18-32)39(37,38)26-11-7-4-8-12-26/h3-16H,17-21H2,1-2H3,(H,30,35). The first-order valence-electron chi connectivity index (χ1n) is 12.8. The van der Waals surface area contributed by atoms with E-state index in [1.165, 1.54) is 8.99 Å². The number of sulfonamides is 1. The maximum absolute atomic E-state index is 13.1. The number of carbonyl (C=O) groups is 1. The minimum absolute atomic E-state index is 0.249. The van der Waals surface area contributed by atoms with Crippen LogP contribution >= 0.6 is 0 Å². The molecular formula is C29H31N5O4S. The van der Waals surface area contributed by atoms with Crippen LogP contribution in [0.4, 0.5) is 5.69 Å². The summed E-state index contributed by atoms with van der Waals surface area (Å²) in [4.78, 5) is 28.6. The zero-order chi connectivity index (χ0) is 27.6. The van der Waals surface area contributed by atoms with Crippen molar-refractivity contribution in [2.24, 2.45) is 7.05 Å². The molecule has 202 valence electrons. The third-order valence-electron chi connectivity index (χ3n) is 7.13. The van der Waals surface area contributed by atoms with Gasteiger partial charge in [-0.1, -0.05) is 48.5 Å². The SMILES string of the molecule is Cc1c(NC(=O)c2ccc(CN3CCN(S(=O)(=O)c4ccccc4)CC3)cc2)c(=O)n(-c2ccccc2)n1C. The predicted octanol–water partition coefficient (Wildman–Crippen LogP) is 3.24. The van der Waals surface area contributed by atoms with E-state index in [0.29, 0.717) is 48.9 Å². The molecule has 0 spiro atoms. The summed E-state index contributed by atoms with van der Waals surface area (Å²) in [7, 11) is -1.70. The molecule has 1 aliphatic rings. The highest BCUT2D eigenvalue weighted by Crippen LogP contribution is 2.19. The number of nitrogens with one attached hydrogen (secondary N) is 1. The topological polar surface area (TPSA) is 96.7 Å². The summed E-state index contributed by atoms with van der Waals surface area (Å²) in [5.41, 5.74) is 2.80. The molecule has 2 heterocycles. The van der Waals surface area contributed by atoms with Crippen LogP contribution < -0.4 is 10.9 Å². The van der Waals surface area contributed by atoms with Crippen molar-refractivity contribution >= 4 is 21.6 Å². The largest absolute Gasteiger partial charge is 0.316 e. The Labute approximate surface area is 227 Å². The van der Waals surface area contributed by atoms with Gasteiger partial charge in [0.15, 0.2) is 0 Å². The Morgan fingerprint density at radius 1 is 0.846 bits per heavy atom. The van der Waals surface area contributed by atoms with Crippen molar-refractivity contribution < 1.29 is 13.2 Å². The normalized spacial score (nSPS) is 14.8. The molecule has 5 rings (SSSR count). The van der Waals surface area contributed by atoms with E-state index in [1.807, 2.05) is 42.5 Å². The number of anilines is 1. The fourth-order valence-electron chi connectivity index (χ4n) is 4.79. The minimum Gasteiger partial charge on any atom is -0.316 e. The lowest BCUT2D eigenvalue weighted by Crippen LogP contribution is -2.48. The molecule has 10 heteroatoms. The molecule has 1 aliphatic heterocycles. The number of carbonyl (C=O) groups excluding carboxylic acids is 1. The van der Waals surface area contributed by atoms with Gasteiger partial charge in [0.05, 0.1) is 16.3 Å². The first-order chi connectivity index (χ1) is 18.8. The van der Waals surface area contributed by atoms with Gasteiger partial charge in [-0.15, -0.1) is 0 Å². The zero-order valence-electron chi connectivity index (χ0n) is 21.9. The average Bonchev–Trinajstić information content (AvgIpc) is 3.17. The Kier molecular flexibility index (Phi) is 7.51. The number of nitrogens with zero attached hydrogens (tertiary/aromatic N) is 4. The highest BCUT2D eigenvalue weighted by atomic mass is 32.2. The van der Waals surface area contributed by atoms with Crippen LogP contribution in [0.15, 0.2) is 94.6 Å². The molecule has 1 amide bonds. The highest BCUT2D eigenvalue weighted by molar-refractivity contribution is 7.89. The quantitative estimate of drug-likeness (QED) is 0.385. The number of hydrogen-bond donors (Lipinski definition) is 1. The van der Waals surface area contributed by atoms with Crippen molar-refractivity contribution in [1.29, 1.82) is 0 Å². The van der Waals surface area contributed by atoms with Gasteiger partial charge in [-0.2, -0.15) is 4.31 Å². The van der Waals surface area contributed by atoms with Crippen LogP contribution in [0.5, 0.6) is 0 Å². The first-order valence-corrected chi connectivity index (χ1v) is 14.2. The van der Waals surface area contributed by atoms with Crippen LogP contribution in [-0.4, -0.2) is 59.1 Å². The van der Waals surface area contributed by atoms with E-state index in [-0.39, 0.29) is 17.2 Å². The van der Waals surface area contributed by atoms with E-state index in [1.54, 1.807) is 61.1 Å². The molecule has 1 aromatic heterocycles. The molecule has 0 aliphatic carbocycles. The molecule has 0 unspecified atom stereocenters. The van der Waals surface area contributed by atoms with E-state index in [9.17, 15) is 18.0 Å². The summed E-state index contributed by atoms with van der Waals surface area (Å²) in [6, 6.07) is 25.1. The maximum atomic E-state index is 13.1. The van der Waals surface area contributed by atoms with Gasteiger partial charge in [0.1, 0.15) is 5.69 Å². The third-order valence-corrected chi connectivity index (χ3v) is 9.04. The summed E-state index contributed by atoms with van der Waals surface area (Å²) in [5, 5.41) is 2.79. The molecule has 0 radical (unpaired) electrons. The molecule has 1 fully saturated rings. The van der Waals surface area contributed by atoms with Crippen molar-refractivity contribution in [2.45, 2.75) is 18.4 Å². The molecule has 3 aromatic carbocycles. The van der Waals surface area contributed by atoms with E-state index in [4.69, 9.17) is 0 Å². The van der Waals surface area contributed by atoms with Crippen molar-refractivity contribution in [2.75, 3.05) is 31.5 Å². The second kappa shape index (κ2) is 11.0. The average molecular weight is 546 g/mol. The van der Waals surface area contributed by atoms with E-state index in [0.717, 1.165) is 11.3 Å². The van der Waals surface area contributed by atoms with Crippen LogP contribution in [0.1, 0.15) is 21.6 Å². The molecule has 1 saturated heterocycles. The Morgan fingerprint density at radius 2 is 1.44 bits per heavy atom. The second-order valence-corrected chi connectivity index (χ2v) is 11.5. The zero-order valence-corrected chi connectivity index (χ0v) is 22.8. The molecule has 0 atom stereocenters. The van der Waals surface area contributed by atoms with Gasteiger partial charge in [0.25, 0.3) is 11.5 Å². The lowest BCUT2D eigenvalue weighted by Gasteiger charge is -2.34. The van der Waals surface area contributed by atoms with Gasteiger partial charge in [0, 0.05) is 45.3 Å². The fraction of sp³-hybridized carbons (Fsp3) is 0.241. The predicted molar refractivity (Wildman–Crippen MR) is 151 cm³/mol. The Morgan fingerprint density at radius 3 is 2.05 bits per heavy atom. The number of para-hydroxylation sites is 1. The van der Waals surface area contributed by atoms with E-state index in [2.05, 4.69) is 10.2 Å².